The van der Waals surface area contributed by atoms with Gasteiger partial charge in [0.25, 0.3) is 0 Å². The number of hydrogen-bond donors (Lipinski definition) is 1. The zero-order valence-electron chi connectivity index (χ0n) is 10.7. The first kappa shape index (κ1) is 12.7. The van der Waals surface area contributed by atoms with E-state index < -0.39 is 11.8 Å². The third-order valence-electron chi connectivity index (χ3n) is 3.10. The molecule has 0 saturated carbocycles. The van der Waals surface area contributed by atoms with Gasteiger partial charge in [-0.3, -0.25) is 9.38 Å². The number of carboxylic acids is 1. The van der Waals surface area contributed by atoms with Gasteiger partial charge in [0.2, 0.25) is 0 Å². The van der Waals surface area contributed by atoms with Crippen LogP contribution in [0, 0.1) is 19.7 Å². The lowest BCUT2D eigenvalue weighted by molar-refractivity contribution is 0.0701. The van der Waals surface area contributed by atoms with Crippen LogP contribution in [0.3, 0.4) is 0 Å². The first-order valence-electron chi connectivity index (χ1n) is 5.82. The first-order chi connectivity index (χ1) is 9.49. The highest BCUT2D eigenvalue weighted by Crippen LogP contribution is 2.29. The number of pyridine rings is 1. The van der Waals surface area contributed by atoms with Crippen molar-refractivity contribution in [2.75, 3.05) is 0 Å². The molecule has 0 unspecified atom stereocenters. The topological polar surface area (TPSA) is 67.5 Å². The predicted molar refractivity (Wildman–Crippen MR) is 72.7 cm³/mol. The van der Waals surface area contributed by atoms with Gasteiger partial charge in [-0.2, -0.15) is 0 Å². The Hall–Kier alpha value is -2.28. The second kappa shape index (κ2) is 4.38. The zero-order chi connectivity index (χ0) is 14.4. The molecule has 0 radical (unpaired) electrons. The Bertz CT molecular complexity index is 820. The summed E-state index contributed by atoms with van der Waals surface area (Å²) in [7, 11) is 0. The Morgan fingerprint density at radius 1 is 1.35 bits per heavy atom. The molecule has 0 aliphatic carbocycles. The molecule has 102 valence electrons. The highest BCUT2D eigenvalue weighted by molar-refractivity contribution is 7.19. The van der Waals surface area contributed by atoms with Crippen LogP contribution < -0.4 is 0 Å². The van der Waals surface area contributed by atoms with Crippen molar-refractivity contribution < 1.29 is 14.3 Å². The minimum absolute atomic E-state index is 0.272. The van der Waals surface area contributed by atoms with E-state index in [-0.39, 0.29) is 4.88 Å². The highest BCUT2D eigenvalue weighted by atomic mass is 32.1. The van der Waals surface area contributed by atoms with Crippen molar-refractivity contribution >= 4 is 22.3 Å². The molecule has 5 nitrogen and oxygen atoms in total. The normalized spacial score (nSPS) is 11.2. The summed E-state index contributed by atoms with van der Waals surface area (Å²) in [6, 6.07) is 2.88. The monoisotopic (exact) mass is 291 g/mol. The van der Waals surface area contributed by atoms with Crippen molar-refractivity contribution in [2.45, 2.75) is 13.8 Å². The smallest absolute Gasteiger partial charge is 0.347 e. The molecular weight excluding hydrogens is 281 g/mol. The summed E-state index contributed by atoms with van der Waals surface area (Å²) in [6.07, 6.45) is 1.14. The van der Waals surface area contributed by atoms with E-state index in [4.69, 9.17) is 5.11 Å². The number of halogens is 1. The predicted octanol–water partition coefficient (Wildman–Crippen LogP) is 2.91. The van der Waals surface area contributed by atoms with Crippen molar-refractivity contribution in [3.05, 3.63) is 40.4 Å². The molecule has 1 N–H and O–H groups in total. The zero-order valence-corrected chi connectivity index (χ0v) is 11.5. The Morgan fingerprint density at radius 3 is 2.65 bits per heavy atom. The molecule has 0 aromatic carbocycles. The van der Waals surface area contributed by atoms with Gasteiger partial charge in [-0.25, -0.2) is 14.2 Å². The summed E-state index contributed by atoms with van der Waals surface area (Å²) in [5.41, 5.74) is 2.63. The summed E-state index contributed by atoms with van der Waals surface area (Å²) >= 11 is 1.12. The molecule has 3 aromatic rings. The Balaban J connectivity index is 2.22. The van der Waals surface area contributed by atoms with Crippen LogP contribution >= 0.6 is 11.3 Å². The molecule has 0 spiro atoms. The molecule has 3 heterocycles. The van der Waals surface area contributed by atoms with Crippen LogP contribution in [0.25, 0.3) is 16.3 Å². The number of aryl methyl sites for hydroxylation is 2. The van der Waals surface area contributed by atoms with Gasteiger partial charge < -0.3 is 5.11 Å². The average Bonchev–Trinajstić information content (AvgIpc) is 2.89. The van der Waals surface area contributed by atoms with E-state index in [0.717, 1.165) is 23.2 Å². The molecule has 20 heavy (non-hydrogen) atoms. The van der Waals surface area contributed by atoms with Gasteiger partial charge in [0, 0.05) is 5.69 Å². The maximum absolute atomic E-state index is 12.9. The molecule has 3 rings (SSSR count). The lowest BCUT2D eigenvalue weighted by atomic mass is 10.2. The third-order valence-corrected chi connectivity index (χ3v) is 4.23. The van der Waals surface area contributed by atoms with Crippen molar-refractivity contribution in [3.8, 4) is 11.4 Å². The molecule has 3 aromatic heterocycles. The van der Waals surface area contributed by atoms with E-state index in [1.54, 1.807) is 17.4 Å². The quantitative estimate of drug-likeness (QED) is 0.788. The molecule has 0 bridgehead atoms. The molecule has 0 aliphatic heterocycles. The van der Waals surface area contributed by atoms with Crippen LogP contribution in [-0.2, 0) is 0 Å². The van der Waals surface area contributed by atoms with E-state index in [1.165, 1.54) is 6.07 Å². The molecule has 0 saturated heterocycles. The van der Waals surface area contributed by atoms with E-state index in [1.807, 2.05) is 6.92 Å². The number of aromatic nitrogens is 3. The molecule has 0 fully saturated rings. The van der Waals surface area contributed by atoms with Crippen LogP contribution in [-0.4, -0.2) is 25.4 Å². The standard InChI is InChI=1S/C13H10FN3O2S/c1-6-10(9-4-3-8(14)5-15-9)16-13-17(6)7(2)11(20-13)12(18)19/h3-5H,1-2H3,(H,18,19). The third kappa shape index (κ3) is 1.78. The maximum Gasteiger partial charge on any atom is 0.347 e. The maximum atomic E-state index is 12.9. The van der Waals surface area contributed by atoms with Crippen molar-refractivity contribution in [3.63, 3.8) is 0 Å². The summed E-state index contributed by atoms with van der Waals surface area (Å²) < 4.78 is 14.7. The fraction of sp³-hybridized carbons (Fsp3) is 0.154. The van der Waals surface area contributed by atoms with Crippen LogP contribution in [0.1, 0.15) is 21.1 Å². The van der Waals surface area contributed by atoms with Crippen molar-refractivity contribution in [2.24, 2.45) is 0 Å². The van der Waals surface area contributed by atoms with Gasteiger partial charge in [-0.05, 0) is 26.0 Å². The molecule has 0 atom stereocenters. The van der Waals surface area contributed by atoms with Gasteiger partial charge in [0.05, 0.1) is 17.6 Å². The van der Waals surface area contributed by atoms with E-state index >= 15 is 0 Å². The second-order valence-electron chi connectivity index (χ2n) is 4.35. The van der Waals surface area contributed by atoms with Gasteiger partial charge in [0.15, 0.2) is 4.96 Å². The summed E-state index contributed by atoms with van der Waals surface area (Å²) in [4.78, 5) is 20.4. The summed E-state index contributed by atoms with van der Waals surface area (Å²) in [5.74, 6) is -1.37. The SMILES string of the molecule is Cc1c(-c2ccc(F)cn2)nc2sc(C(=O)O)c(C)n12. The first-order valence-corrected chi connectivity index (χ1v) is 6.64. The van der Waals surface area contributed by atoms with E-state index in [2.05, 4.69) is 9.97 Å². The minimum atomic E-state index is -0.959. The molecule has 0 amide bonds. The highest BCUT2D eigenvalue weighted by Gasteiger charge is 2.20. The molecule has 7 heteroatoms. The van der Waals surface area contributed by atoms with Gasteiger partial charge >= 0.3 is 5.97 Å². The van der Waals surface area contributed by atoms with Crippen molar-refractivity contribution in [1.29, 1.82) is 0 Å². The lowest BCUT2D eigenvalue weighted by Gasteiger charge is -2.00. The Morgan fingerprint density at radius 2 is 2.10 bits per heavy atom. The number of aromatic carboxylic acids is 1. The number of imidazole rings is 1. The second-order valence-corrected chi connectivity index (χ2v) is 5.32. The molecular formula is C13H10FN3O2S. The fourth-order valence-corrected chi connectivity index (χ4v) is 3.17. The van der Waals surface area contributed by atoms with Crippen LogP contribution in [0.2, 0.25) is 0 Å². The van der Waals surface area contributed by atoms with Crippen LogP contribution in [0.15, 0.2) is 18.3 Å². The number of rotatable bonds is 2. The van der Waals surface area contributed by atoms with Crippen molar-refractivity contribution in [1.82, 2.24) is 14.4 Å². The number of thiazole rings is 1. The van der Waals surface area contributed by atoms with Gasteiger partial charge in [-0.15, -0.1) is 0 Å². The lowest BCUT2D eigenvalue weighted by Crippen LogP contribution is -1.98. The number of carboxylic acid groups (broad SMARTS) is 1. The number of fused-ring (bicyclic) bond motifs is 1. The Kier molecular flexibility index (Phi) is 2.79. The fourth-order valence-electron chi connectivity index (χ4n) is 2.16. The average molecular weight is 291 g/mol. The van der Waals surface area contributed by atoms with Crippen LogP contribution in [0.5, 0.6) is 0 Å². The summed E-state index contributed by atoms with van der Waals surface area (Å²) in [6.45, 7) is 3.58. The van der Waals surface area contributed by atoms with E-state index in [0.29, 0.717) is 22.0 Å². The van der Waals surface area contributed by atoms with Gasteiger partial charge in [-0.1, -0.05) is 11.3 Å². The number of nitrogens with zero attached hydrogens (tertiary/aromatic N) is 3. The Labute approximate surface area is 117 Å². The van der Waals surface area contributed by atoms with Crippen LogP contribution in [0.4, 0.5) is 4.39 Å². The van der Waals surface area contributed by atoms with E-state index in [9.17, 15) is 9.18 Å². The number of hydrogen-bond acceptors (Lipinski definition) is 4. The minimum Gasteiger partial charge on any atom is -0.477 e. The summed E-state index contributed by atoms with van der Waals surface area (Å²) in [5, 5.41) is 9.11. The molecule has 0 aliphatic rings. The van der Waals surface area contributed by atoms with Gasteiger partial charge in [0.1, 0.15) is 16.4 Å². The largest absolute Gasteiger partial charge is 0.477 e. The number of carbonyl (C=O) groups is 1.